The highest BCUT2D eigenvalue weighted by molar-refractivity contribution is 5.76. The molecule has 1 unspecified atom stereocenters. The minimum Gasteiger partial charge on any atom is -0.340 e. The Kier molecular flexibility index (Phi) is 5.45. The highest BCUT2D eigenvalue weighted by Gasteiger charge is 2.30. The quantitative estimate of drug-likeness (QED) is 0.749. The van der Waals surface area contributed by atoms with Gasteiger partial charge in [-0.2, -0.15) is 0 Å². The minimum atomic E-state index is 0.359. The van der Waals surface area contributed by atoms with Crippen molar-refractivity contribution in [2.24, 2.45) is 5.73 Å². The number of carbonyl (C=O) groups excluding carboxylic acids is 1. The van der Waals surface area contributed by atoms with Gasteiger partial charge in [0.1, 0.15) is 0 Å². The number of unbranched alkanes of at least 4 members (excludes halogenated alkanes) is 2. The SMILES string of the molecule is NCCCCCC(=O)N1CCN2CCCCC2C1. The van der Waals surface area contributed by atoms with Gasteiger partial charge < -0.3 is 10.6 Å². The Morgan fingerprint density at radius 3 is 2.83 bits per heavy atom. The highest BCUT2D eigenvalue weighted by atomic mass is 16.2. The molecule has 0 saturated carbocycles. The van der Waals surface area contributed by atoms with Crippen LogP contribution < -0.4 is 5.73 Å². The lowest BCUT2D eigenvalue weighted by Gasteiger charge is -2.44. The zero-order chi connectivity index (χ0) is 12.8. The molecule has 2 saturated heterocycles. The van der Waals surface area contributed by atoms with Crippen LogP contribution in [-0.4, -0.2) is 54.5 Å². The summed E-state index contributed by atoms with van der Waals surface area (Å²) in [7, 11) is 0. The third-order valence-corrected chi connectivity index (χ3v) is 4.28. The van der Waals surface area contributed by atoms with Crippen molar-refractivity contribution in [1.29, 1.82) is 0 Å². The van der Waals surface area contributed by atoms with E-state index in [4.69, 9.17) is 5.73 Å². The molecule has 2 rings (SSSR count). The monoisotopic (exact) mass is 253 g/mol. The molecule has 1 amide bonds. The summed E-state index contributed by atoms with van der Waals surface area (Å²) in [5.41, 5.74) is 5.46. The number of hydrogen-bond donors (Lipinski definition) is 1. The highest BCUT2D eigenvalue weighted by Crippen LogP contribution is 2.21. The minimum absolute atomic E-state index is 0.359. The standard InChI is InChI=1S/C14H27N3O/c15-8-4-1-2-7-14(18)17-11-10-16-9-5-3-6-13(16)12-17/h13H,1-12,15H2. The van der Waals surface area contributed by atoms with E-state index in [1.54, 1.807) is 0 Å². The van der Waals surface area contributed by atoms with Gasteiger partial charge in [0.05, 0.1) is 0 Å². The molecule has 2 heterocycles. The summed E-state index contributed by atoms with van der Waals surface area (Å²) in [5, 5.41) is 0. The molecule has 0 spiro atoms. The Morgan fingerprint density at radius 1 is 1.11 bits per heavy atom. The van der Waals surface area contributed by atoms with Crippen molar-refractivity contribution in [2.75, 3.05) is 32.7 Å². The van der Waals surface area contributed by atoms with Crippen molar-refractivity contribution in [2.45, 2.75) is 51.0 Å². The second kappa shape index (κ2) is 7.10. The number of carbonyl (C=O) groups is 1. The first-order valence-corrected chi connectivity index (χ1v) is 7.53. The fourth-order valence-corrected chi connectivity index (χ4v) is 3.14. The lowest BCUT2D eigenvalue weighted by Crippen LogP contribution is -2.56. The molecule has 0 bridgehead atoms. The molecule has 104 valence electrons. The maximum Gasteiger partial charge on any atom is 0.222 e. The molecule has 4 nitrogen and oxygen atoms in total. The molecular formula is C14H27N3O. The summed E-state index contributed by atoms with van der Waals surface area (Å²) >= 11 is 0. The van der Waals surface area contributed by atoms with Crippen LogP contribution in [0.3, 0.4) is 0 Å². The molecule has 0 aromatic carbocycles. The van der Waals surface area contributed by atoms with Gasteiger partial charge in [-0.05, 0) is 38.8 Å². The van der Waals surface area contributed by atoms with Crippen LogP contribution in [0.2, 0.25) is 0 Å². The number of nitrogens with two attached hydrogens (primary N) is 1. The molecule has 0 aliphatic carbocycles. The molecule has 2 fully saturated rings. The van der Waals surface area contributed by atoms with Crippen LogP contribution in [0.15, 0.2) is 0 Å². The Bertz CT molecular complexity index is 270. The Morgan fingerprint density at radius 2 is 2.00 bits per heavy atom. The number of nitrogens with zero attached hydrogens (tertiary/aromatic N) is 2. The smallest absolute Gasteiger partial charge is 0.222 e. The van der Waals surface area contributed by atoms with E-state index < -0.39 is 0 Å². The van der Waals surface area contributed by atoms with Crippen LogP contribution in [0.25, 0.3) is 0 Å². The van der Waals surface area contributed by atoms with Gasteiger partial charge in [0.2, 0.25) is 5.91 Å². The molecule has 2 N–H and O–H groups in total. The summed E-state index contributed by atoms with van der Waals surface area (Å²) < 4.78 is 0. The fraction of sp³-hybridized carbons (Fsp3) is 0.929. The Hall–Kier alpha value is -0.610. The first kappa shape index (κ1) is 13.8. The Balaban J connectivity index is 1.71. The topological polar surface area (TPSA) is 49.6 Å². The van der Waals surface area contributed by atoms with Crippen molar-refractivity contribution in [3.05, 3.63) is 0 Å². The molecule has 18 heavy (non-hydrogen) atoms. The van der Waals surface area contributed by atoms with Gasteiger partial charge in [-0.25, -0.2) is 0 Å². The molecule has 1 atom stereocenters. The van der Waals surface area contributed by atoms with Crippen LogP contribution in [-0.2, 0) is 4.79 Å². The van der Waals surface area contributed by atoms with Gasteiger partial charge in [-0.1, -0.05) is 12.8 Å². The van der Waals surface area contributed by atoms with Crippen molar-refractivity contribution >= 4 is 5.91 Å². The summed E-state index contributed by atoms with van der Waals surface area (Å²) in [4.78, 5) is 16.8. The molecule has 2 aliphatic rings. The van der Waals surface area contributed by atoms with Gasteiger partial charge in [0.25, 0.3) is 0 Å². The lowest BCUT2D eigenvalue weighted by atomic mass is 9.99. The third-order valence-electron chi connectivity index (χ3n) is 4.28. The maximum atomic E-state index is 12.1. The molecule has 0 radical (unpaired) electrons. The summed E-state index contributed by atoms with van der Waals surface area (Å²) in [6.07, 6.45) is 7.79. The number of fused-ring (bicyclic) bond motifs is 1. The van der Waals surface area contributed by atoms with E-state index in [2.05, 4.69) is 9.80 Å². The van der Waals surface area contributed by atoms with Crippen LogP contribution in [0, 0.1) is 0 Å². The van der Waals surface area contributed by atoms with Crippen LogP contribution >= 0.6 is 0 Å². The molecular weight excluding hydrogens is 226 g/mol. The van der Waals surface area contributed by atoms with Crippen LogP contribution in [0.4, 0.5) is 0 Å². The normalized spacial score (nSPS) is 24.9. The van der Waals surface area contributed by atoms with Crippen LogP contribution in [0.5, 0.6) is 0 Å². The number of rotatable bonds is 5. The van der Waals surface area contributed by atoms with E-state index in [0.29, 0.717) is 18.4 Å². The molecule has 2 aliphatic heterocycles. The van der Waals surface area contributed by atoms with Gasteiger partial charge in [0.15, 0.2) is 0 Å². The fourth-order valence-electron chi connectivity index (χ4n) is 3.14. The largest absolute Gasteiger partial charge is 0.340 e. The van der Waals surface area contributed by atoms with Crippen molar-refractivity contribution in [3.8, 4) is 0 Å². The van der Waals surface area contributed by atoms with E-state index >= 15 is 0 Å². The molecule has 0 aromatic heterocycles. The van der Waals surface area contributed by atoms with Crippen molar-refractivity contribution in [3.63, 3.8) is 0 Å². The van der Waals surface area contributed by atoms with Crippen molar-refractivity contribution < 1.29 is 4.79 Å². The van der Waals surface area contributed by atoms with Gasteiger partial charge >= 0.3 is 0 Å². The Labute approximate surface area is 110 Å². The van der Waals surface area contributed by atoms with Gasteiger partial charge in [-0.15, -0.1) is 0 Å². The number of piperazine rings is 1. The summed E-state index contributed by atoms with van der Waals surface area (Å²) in [6.45, 7) is 4.97. The van der Waals surface area contributed by atoms with Gasteiger partial charge in [0, 0.05) is 32.1 Å². The summed E-state index contributed by atoms with van der Waals surface area (Å²) in [6, 6.07) is 0.639. The lowest BCUT2D eigenvalue weighted by molar-refractivity contribution is -0.134. The average molecular weight is 253 g/mol. The third kappa shape index (κ3) is 3.69. The average Bonchev–Trinajstić information content (AvgIpc) is 2.43. The predicted octanol–water partition coefficient (Wildman–Crippen LogP) is 1.20. The van der Waals surface area contributed by atoms with Crippen molar-refractivity contribution in [1.82, 2.24) is 9.80 Å². The van der Waals surface area contributed by atoms with Crippen LogP contribution in [0.1, 0.15) is 44.9 Å². The zero-order valence-corrected chi connectivity index (χ0v) is 11.4. The van der Waals surface area contributed by atoms with E-state index in [0.717, 1.165) is 45.4 Å². The van der Waals surface area contributed by atoms with E-state index in [1.165, 1.54) is 25.8 Å². The predicted molar refractivity (Wildman–Crippen MR) is 73.3 cm³/mol. The first-order chi connectivity index (χ1) is 8.81. The van der Waals surface area contributed by atoms with E-state index in [1.807, 2.05) is 0 Å². The van der Waals surface area contributed by atoms with Gasteiger partial charge in [-0.3, -0.25) is 9.69 Å². The summed E-state index contributed by atoms with van der Waals surface area (Å²) in [5.74, 6) is 0.359. The van der Waals surface area contributed by atoms with E-state index in [-0.39, 0.29) is 0 Å². The molecule has 4 heteroatoms. The second-order valence-electron chi connectivity index (χ2n) is 5.62. The first-order valence-electron chi connectivity index (χ1n) is 7.53. The molecule has 0 aromatic rings. The number of amides is 1. The zero-order valence-electron chi connectivity index (χ0n) is 11.4. The second-order valence-corrected chi connectivity index (χ2v) is 5.62. The number of piperidine rings is 1. The maximum absolute atomic E-state index is 12.1. The number of hydrogen-bond acceptors (Lipinski definition) is 3. The van der Waals surface area contributed by atoms with E-state index in [9.17, 15) is 4.79 Å².